The first-order valence-corrected chi connectivity index (χ1v) is 10.5. The van der Waals surface area contributed by atoms with Gasteiger partial charge in [0.2, 0.25) is 0 Å². The summed E-state index contributed by atoms with van der Waals surface area (Å²) >= 11 is 0. The average molecular weight is 420 g/mol. The standard InChI is InChI=1S/C26H29NO4/c1-5-15-26(6-2,25(29)30-7-3)21-9-8-10-22(17-21)31-18-19-11-13-23-20(16-19)12-14-24(28)27(23)4/h5,8-14,16-17H,1,6-7,15,18H2,2-4H3. The summed E-state index contributed by atoms with van der Waals surface area (Å²) in [7, 11) is 1.76. The first kappa shape index (κ1) is 22.3. The van der Waals surface area contributed by atoms with Crippen LogP contribution < -0.4 is 10.3 Å². The number of aryl methyl sites for hydroxylation is 1. The maximum atomic E-state index is 12.8. The highest BCUT2D eigenvalue weighted by molar-refractivity contribution is 5.83. The number of ether oxygens (including phenoxy) is 2. The summed E-state index contributed by atoms with van der Waals surface area (Å²) in [5.74, 6) is 0.443. The summed E-state index contributed by atoms with van der Waals surface area (Å²) in [4.78, 5) is 24.6. The number of hydrogen-bond acceptors (Lipinski definition) is 4. The third-order valence-corrected chi connectivity index (χ3v) is 5.74. The van der Waals surface area contributed by atoms with Crippen LogP contribution in [0.15, 0.2) is 72.0 Å². The molecule has 0 aliphatic heterocycles. The molecule has 1 atom stereocenters. The number of carbonyl (C=O) groups is 1. The van der Waals surface area contributed by atoms with Crippen LogP contribution in [0.2, 0.25) is 0 Å². The number of carbonyl (C=O) groups excluding carboxylic acids is 1. The molecule has 3 rings (SSSR count). The average Bonchev–Trinajstić information content (AvgIpc) is 2.79. The Morgan fingerprint density at radius 3 is 2.65 bits per heavy atom. The molecular formula is C26H29NO4. The van der Waals surface area contributed by atoms with Gasteiger partial charge >= 0.3 is 5.97 Å². The summed E-state index contributed by atoms with van der Waals surface area (Å²) < 4.78 is 13.1. The fourth-order valence-electron chi connectivity index (χ4n) is 3.90. The van der Waals surface area contributed by atoms with Gasteiger partial charge in [-0.1, -0.05) is 31.2 Å². The smallest absolute Gasteiger partial charge is 0.316 e. The van der Waals surface area contributed by atoms with Gasteiger partial charge in [0.1, 0.15) is 12.4 Å². The van der Waals surface area contributed by atoms with Crippen molar-refractivity contribution in [2.45, 2.75) is 38.7 Å². The van der Waals surface area contributed by atoms with Crippen LogP contribution in [-0.2, 0) is 28.6 Å². The van der Waals surface area contributed by atoms with E-state index in [-0.39, 0.29) is 11.5 Å². The van der Waals surface area contributed by atoms with E-state index in [1.54, 1.807) is 23.8 Å². The molecule has 0 bridgehead atoms. The molecule has 2 aromatic carbocycles. The monoisotopic (exact) mass is 419 g/mol. The third kappa shape index (κ3) is 4.55. The van der Waals surface area contributed by atoms with E-state index in [1.165, 1.54) is 0 Å². The summed E-state index contributed by atoms with van der Waals surface area (Å²) in [5, 5.41) is 0.982. The van der Waals surface area contributed by atoms with E-state index in [9.17, 15) is 9.59 Å². The minimum absolute atomic E-state index is 0.0335. The number of fused-ring (bicyclic) bond motifs is 1. The van der Waals surface area contributed by atoms with Crippen molar-refractivity contribution < 1.29 is 14.3 Å². The molecule has 0 fully saturated rings. The molecule has 3 aromatic rings. The molecule has 0 radical (unpaired) electrons. The van der Waals surface area contributed by atoms with Crippen molar-refractivity contribution in [3.8, 4) is 5.75 Å². The molecule has 0 saturated carbocycles. The van der Waals surface area contributed by atoms with Gasteiger partial charge in [-0.15, -0.1) is 6.58 Å². The van der Waals surface area contributed by atoms with E-state index in [2.05, 4.69) is 6.58 Å². The molecule has 31 heavy (non-hydrogen) atoms. The maximum absolute atomic E-state index is 12.8. The highest BCUT2D eigenvalue weighted by Gasteiger charge is 2.39. The lowest BCUT2D eigenvalue weighted by Crippen LogP contribution is -2.36. The molecule has 0 saturated heterocycles. The van der Waals surface area contributed by atoms with E-state index < -0.39 is 5.41 Å². The van der Waals surface area contributed by atoms with Crippen LogP contribution in [0.4, 0.5) is 0 Å². The Balaban J connectivity index is 1.85. The van der Waals surface area contributed by atoms with Gasteiger partial charge in [0, 0.05) is 13.1 Å². The van der Waals surface area contributed by atoms with E-state index in [4.69, 9.17) is 9.47 Å². The predicted molar refractivity (Wildman–Crippen MR) is 123 cm³/mol. The lowest BCUT2D eigenvalue weighted by atomic mass is 9.75. The third-order valence-electron chi connectivity index (χ3n) is 5.74. The van der Waals surface area contributed by atoms with Crippen LogP contribution in [0.3, 0.4) is 0 Å². The second kappa shape index (κ2) is 9.65. The van der Waals surface area contributed by atoms with Gasteiger partial charge in [-0.3, -0.25) is 9.59 Å². The fraction of sp³-hybridized carbons (Fsp3) is 0.308. The SMILES string of the molecule is C=CCC(CC)(C(=O)OCC)c1cccc(OCc2ccc3c(ccc(=O)n3C)c2)c1. The number of aromatic nitrogens is 1. The van der Waals surface area contributed by atoms with Crippen molar-refractivity contribution >= 4 is 16.9 Å². The Kier molecular flexibility index (Phi) is 6.95. The highest BCUT2D eigenvalue weighted by atomic mass is 16.5. The van der Waals surface area contributed by atoms with Gasteiger partial charge in [0.25, 0.3) is 5.56 Å². The minimum Gasteiger partial charge on any atom is -0.489 e. The summed E-state index contributed by atoms with van der Waals surface area (Å²) in [5.41, 5.74) is 1.93. The van der Waals surface area contributed by atoms with E-state index in [0.717, 1.165) is 22.0 Å². The van der Waals surface area contributed by atoms with E-state index in [1.807, 2.05) is 62.4 Å². The second-order valence-corrected chi connectivity index (χ2v) is 7.59. The lowest BCUT2D eigenvalue weighted by Gasteiger charge is -2.30. The van der Waals surface area contributed by atoms with Crippen LogP contribution in [0.1, 0.15) is 37.8 Å². The van der Waals surface area contributed by atoms with Crippen molar-refractivity contribution in [1.29, 1.82) is 0 Å². The van der Waals surface area contributed by atoms with Crippen molar-refractivity contribution in [1.82, 2.24) is 4.57 Å². The first-order valence-electron chi connectivity index (χ1n) is 10.5. The van der Waals surface area contributed by atoms with Crippen molar-refractivity contribution in [3.05, 3.63) is 88.7 Å². The molecule has 5 nitrogen and oxygen atoms in total. The Morgan fingerprint density at radius 2 is 1.94 bits per heavy atom. The van der Waals surface area contributed by atoms with E-state index >= 15 is 0 Å². The molecule has 1 aromatic heterocycles. The summed E-state index contributed by atoms with van der Waals surface area (Å²) in [6.45, 7) is 8.34. The van der Waals surface area contributed by atoms with Gasteiger partial charge in [0.05, 0.1) is 17.5 Å². The molecule has 1 heterocycles. The second-order valence-electron chi connectivity index (χ2n) is 7.59. The van der Waals surface area contributed by atoms with Gasteiger partial charge in [-0.2, -0.15) is 0 Å². The number of rotatable bonds is 9. The van der Waals surface area contributed by atoms with Gasteiger partial charge in [-0.25, -0.2) is 0 Å². The van der Waals surface area contributed by atoms with Gasteiger partial charge < -0.3 is 14.0 Å². The van der Waals surface area contributed by atoms with Crippen LogP contribution in [0, 0.1) is 0 Å². The lowest BCUT2D eigenvalue weighted by molar-refractivity contribution is -0.150. The quantitative estimate of drug-likeness (QED) is 0.365. The van der Waals surface area contributed by atoms with Crippen molar-refractivity contribution in [2.75, 3.05) is 6.61 Å². The molecule has 0 N–H and O–H groups in total. The zero-order valence-corrected chi connectivity index (χ0v) is 18.4. The Hall–Kier alpha value is -3.34. The molecule has 0 aliphatic rings. The Labute approximate surface area is 182 Å². The summed E-state index contributed by atoms with van der Waals surface area (Å²) in [6, 6.07) is 16.9. The zero-order chi connectivity index (χ0) is 22.4. The fourth-order valence-corrected chi connectivity index (χ4v) is 3.90. The first-order chi connectivity index (χ1) is 14.9. The number of allylic oxidation sites excluding steroid dienone is 1. The topological polar surface area (TPSA) is 57.5 Å². The molecule has 1 unspecified atom stereocenters. The molecule has 0 amide bonds. The number of benzene rings is 2. The van der Waals surface area contributed by atoms with Crippen LogP contribution in [0.5, 0.6) is 5.75 Å². The summed E-state index contributed by atoms with van der Waals surface area (Å²) in [6.07, 6.45) is 2.86. The zero-order valence-electron chi connectivity index (χ0n) is 18.4. The normalized spacial score (nSPS) is 12.9. The minimum atomic E-state index is -0.773. The Bertz CT molecular complexity index is 1150. The van der Waals surface area contributed by atoms with Crippen LogP contribution >= 0.6 is 0 Å². The van der Waals surface area contributed by atoms with Gasteiger partial charge in [0.15, 0.2) is 0 Å². The number of pyridine rings is 1. The molecule has 0 spiro atoms. The van der Waals surface area contributed by atoms with Crippen molar-refractivity contribution in [3.63, 3.8) is 0 Å². The highest BCUT2D eigenvalue weighted by Crippen LogP contribution is 2.35. The Morgan fingerprint density at radius 1 is 1.13 bits per heavy atom. The van der Waals surface area contributed by atoms with Crippen LogP contribution in [0.25, 0.3) is 10.9 Å². The molecular weight excluding hydrogens is 390 g/mol. The number of nitrogens with zero attached hydrogens (tertiary/aromatic N) is 1. The maximum Gasteiger partial charge on any atom is 0.316 e. The van der Waals surface area contributed by atoms with Crippen molar-refractivity contribution in [2.24, 2.45) is 7.05 Å². The largest absolute Gasteiger partial charge is 0.489 e. The van der Waals surface area contributed by atoms with E-state index in [0.29, 0.717) is 31.8 Å². The molecule has 5 heteroatoms. The molecule has 0 aliphatic carbocycles. The van der Waals surface area contributed by atoms with Crippen LogP contribution in [-0.4, -0.2) is 17.1 Å². The number of hydrogen-bond donors (Lipinski definition) is 0. The predicted octanol–water partition coefficient (Wildman–Crippen LogP) is 4.90. The number of esters is 1. The van der Waals surface area contributed by atoms with Gasteiger partial charge in [-0.05, 0) is 66.6 Å². The molecule has 162 valence electrons.